The molecular weight excluding hydrogens is 618 g/mol. The Morgan fingerprint density at radius 3 is 2.92 bits per heavy atom. The summed E-state index contributed by atoms with van der Waals surface area (Å²) in [4.78, 5) is 18.2. The minimum absolute atomic E-state index is 0.214. The van der Waals surface area contributed by atoms with Gasteiger partial charge >= 0.3 is 0 Å². The van der Waals surface area contributed by atoms with Crippen LogP contribution in [0.4, 0.5) is 0 Å². The molecule has 0 spiro atoms. The van der Waals surface area contributed by atoms with E-state index in [1.807, 2.05) is 38.1 Å². The normalized spacial score (nSPS) is 13.1. The Kier molecular flexibility index (Phi) is 7.47. The van der Waals surface area contributed by atoms with Crippen LogP contribution in [-0.4, -0.2) is 28.3 Å². The molecule has 0 fully saturated rings. The lowest BCUT2D eigenvalue weighted by molar-refractivity contribution is -0.123. The maximum Gasteiger partial charge on any atom is 0.277 e. The number of halogens is 2. The number of aromatic nitrogens is 2. The van der Waals surface area contributed by atoms with Crippen molar-refractivity contribution < 1.29 is 9.53 Å². The zero-order valence-electron chi connectivity index (χ0n) is 20.3. The van der Waals surface area contributed by atoms with Crippen LogP contribution in [0.1, 0.15) is 45.8 Å². The lowest BCUT2D eigenvalue weighted by Gasteiger charge is -2.11. The number of rotatable bonds is 6. The molecule has 0 saturated carbocycles. The average molecular weight is 641 g/mol. The smallest absolute Gasteiger partial charge is 0.277 e. The molecule has 1 aliphatic carbocycles. The lowest BCUT2D eigenvalue weighted by Crippen LogP contribution is -2.24. The molecule has 3 heterocycles. The first kappa shape index (κ1) is 25.6. The number of aryl methyl sites for hydroxylation is 2. The van der Waals surface area contributed by atoms with E-state index >= 15 is 0 Å². The Bertz CT molecular complexity index is 1600. The summed E-state index contributed by atoms with van der Waals surface area (Å²) in [5.74, 6) is 0.107. The highest BCUT2D eigenvalue weighted by molar-refractivity contribution is 9.11. The van der Waals surface area contributed by atoms with Gasteiger partial charge in [-0.2, -0.15) is 10.4 Å². The van der Waals surface area contributed by atoms with Crippen molar-refractivity contribution in [2.45, 2.75) is 39.5 Å². The number of fused-ring (bicyclic) bond motifs is 2. The zero-order chi connectivity index (χ0) is 26.1. The predicted molar refractivity (Wildman–Crippen MR) is 153 cm³/mol. The second-order valence-corrected chi connectivity index (χ2v) is 11.6. The number of nitrogens with zero attached hydrogens (tertiary/aromatic N) is 4. The van der Waals surface area contributed by atoms with Crippen LogP contribution in [-0.2, 0) is 17.6 Å². The number of hydrogen-bond donors (Lipinski definition) is 1. The van der Waals surface area contributed by atoms with Gasteiger partial charge in [-0.15, -0.1) is 11.3 Å². The minimum Gasteiger partial charge on any atom is -0.480 e. The van der Waals surface area contributed by atoms with E-state index in [2.05, 4.69) is 58.0 Å². The molecule has 0 saturated heterocycles. The van der Waals surface area contributed by atoms with Crippen LogP contribution in [0, 0.1) is 25.2 Å². The molecular formula is C27H23Br2N5O2S. The molecule has 1 amide bonds. The SMILES string of the molecule is Cc1cc(/C=N\NC(=O)COc2c(Br)cc(Br)c3cccnc23)c(C)n1-c1sc2c(c1C#N)CCCC2. The molecule has 5 rings (SSSR count). The number of thiophene rings is 1. The Hall–Kier alpha value is -3.00. The first-order chi connectivity index (χ1) is 17.9. The minimum atomic E-state index is -0.387. The molecule has 3 aromatic heterocycles. The van der Waals surface area contributed by atoms with Gasteiger partial charge in [-0.3, -0.25) is 9.78 Å². The van der Waals surface area contributed by atoms with Crippen molar-refractivity contribution in [2.24, 2.45) is 5.10 Å². The van der Waals surface area contributed by atoms with Crippen molar-refractivity contribution >= 4 is 66.2 Å². The van der Waals surface area contributed by atoms with E-state index < -0.39 is 0 Å². The van der Waals surface area contributed by atoms with Crippen LogP contribution in [0.5, 0.6) is 5.75 Å². The number of pyridine rings is 1. The quantitative estimate of drug-likeness (QED) is 0.192. The Morgan fingerprint density at radius 2 is 2.11 bits per heavy atom. The third-order valence-electron chi connectivity index (χ3n) is 6.43. The molecule has 10 heteroatoms. The number of nitriles is 1. The molecule has 1 aromatic carbocycles. The van der Waals surface area contributed by atoms with Crippen molar-refractivity contribution in [1.29, 1.82) is 5.26 Å². The van der Waals surface area contributed by atoms with E-state index in [9.17, 15) is 10.1 Å². The summed E-state index contributed by atoms with van der Waals surface area (Å²) in [7, 11) is 0. The predicted octanol–water partition coefficient (Wildman–Crippen LogP) is 6.51. The van der Waals surface area contributed by atoms with Crippen molar-refractivity contribution in [2.75, 3.05) is 6.61 Å². The van der Waals surface area contributed by atoms with Gasteiger partial charge in [0.1, 0.15) is 16.6 Å². The molecule has 7 nitrogen and oxygen atoms in total. The Balaban J connectivity index is 1.30. The maximum absolute atomic E-state index is 12.5. The molecule has 0 atom stereocenters. The Labute approximate surface area is 235 Å². The second-order valence-electron chi connectivity index (χ2n) is 8.82. The largest absolute Gasteiger partial charge is 0.480 e. The zero-order valence-corrected chi connectivity index (χ0v) is 24.3. The summed E-state index contributed by atoms with van der Waals surface area (Å²) >= 11 is 8.73. The van der Waals surface area contributed by atoms with Crippen LogP contribution < -0.4 is 10.2 Å². The highest BCUT2D eigenvalue weighted by Crippen LogP contribution is 2.39. The van der Waals surface area contributed by atoms with Crippen LogP contribution in [0.3, 0.4) is 0 Å². The average Bonchev–Trinajstić information content (AvgIpc) is 3.39. The monoisotopic (exact) mass is 639 g/mol. The van der Waals surface area contributed by atoms with Gasteiger partial charge < -0.3 is 9.30 Å². The second kappa shape index (κ2) is 10.8. The molecule has 0 bridgehead atoms. The number of hydrazone groups is 1. The van der Waals surface area contributed by atoms with Crippen molar-refractivity contribution in [3.63, 3.8) is 0 Å². The van der Waals surface area contributed by atoms with E-state index in [-0.39, 0.29) is 12.5 Å². The molecule has 1 N–H and O–H groups in total. The molecule has 188 valence electrons. The van der Waals surface area contributed by atoms with Gasteiger partial charge in [0, 0.05) is 37.9 Å². The molecule has 0 aliphatic heterocycles. The highest BCUT2D eigenvalue weighted by Gasteiger charge is 2.23. The highest BCUT2D eigenvalue weighted by atomic mass is 79.9. The molecule has 37 heavy (non-hydrogen) atoms. The fourth-order valence-electron chi connectivity index (χ4n) is 4.68. The third kappa shape index (κ3) is 4.96. The van der Waals surface area contributed by atoms with E-state index in [4.69, 9.17) is 4.74 Å². The van der Waals surface area contributed by atoms with Gasteiger partial charge in [0.15, 0.2) is 12.4 Å². The molecule has 1 aliphatic rings. The summed E-state index contributed by atoms with van der Waals surface area (Å²) in [6.45, 7) is 3.81. The summed E-state index contributed by atoms with van der Waals surface area (Å²) in [5, 5.41) is 15.9. The van der Waals surface area contributed by atoms with E-state index in [0.29, 0.717) is 15.7 Å². The van der Waals surface area contributed by atoms with Gasteiger partial charge in [0.25, 0.3) is 5.91 Å². The number of nitrogens with one attached hydrogen (secondary N) is 1. The van der Waals surface area contributed by atoms with Gasteiger partial charge in [-0.25, -0.2) is 5.43 Å². The summed E-state index contributed by atoms with van der Waals surface area (Å²) in [6.07, 6.45) is 7.63. The first-order valence-electron chi connectivity index (χ1n) is 11.8. The van der Waals surface area contributed by atoms with Crippen molar-refractivity contribution in [3.05, 3.63) is 72.4 Å². The topological polar surface area (TPSA) is 92.3 Å². The summed E-state index contributed by atoms with van der Waals surface area (Å²) in [6, 6.07) is 10.1. The lowest BCUT2D eigenvalue weighted by atomic mass is 9.96. The molecule has 4 aromatic rings. The number of carbonyl (C=O) groups excluding carboxylic acids is 1. The third-order valence-corrected chi connectivity index (χ3v) is 8.95. The van der Waals surface area contributed by atoms with Gasteiger partial charge in [0.05, 0.1) is 16.3 Å². The number of amides is 1. The summed E-state index contributed by atoms with van der Waals surface area (Å²) < 4.78 is 9.49. The van der Waals surface area contributed by atoms with Crippen molar-refractivity contribution in [1.82, 2.24) is 15.0 Å². The van der Waals surface area contributed by atoms with Crippen LogP contribution >= 0.6 is 43.2 Å². The molecule has 0 unspecified atom stereocenters. The molecule has 0 radical (unpaired) electrons. The van der Waals surface area contributed by atoms with Gasteiger partial charge in [-0.05, 0) is 79.2 Å². The van der Waals surface area contributed by atoms with Crippen LogP contribution in [0.2, 0.25) is 0 Å². The van der Waals surface area contributed by atoms with Crippen LogP contribution in [0.25, 0.3) is 15.9 Å². The van der Waals surface area contributed by atoms with E-state index in [0.717, 1.165) is 56.6 Å². The maximum atomic E-state index is 12.5. The number of benzene rings is 1. The standard InChI is InChI=1S/C27H23Br2N5O2S/c1-15-10-17(16(2)34(15)27-20(12-30)18-6-3-4-8-23(18)37-27)13-32-33-24(35)14-36-26-22(29)11-21(28)19-7-5-9-31-25(19)26/h5,7,9-11,13H,3-4,6,8,14H2,1-2H3,(H,33,35)/b32-13-. The number of carbonyl (C=O) groups is 1. The van der Waals surface area contributed by atoms with E-state index in [1.54, 1.807) is 23.7 Å². The number of hydrogen-bond acceptors (Lipinski definition) is 6. The van der Waals surface area contributed by atoms with Gasteiger partial charge in [0.2, 0.25) is 0 Å². The number of ether oxygens (including phenoxy) is 1. The first-order valence-corrected chi connectivity index (χ1v) is 14.2. The fourth-order valence-corrected chi connectivity index (χ4v) is 7.52. The Morgan fingerprint density at radius 1 is 1.30 bits per heavy atom. The van der Waals surface area contributed by atoms with Crippen molar-refractivity contribution in [3.8, 4) is 16.8 Å². The van der Waals surface area contributed by atoms with Crippen LogP contribution in [0.15, 0.2) is 44.5 Å². The fraction of sp³-hybridized carbons (Fsp3) is 0.259. The van der Waals surface area contributed by atoms with E-state index in [1.165, 1.54) is 16.9 Å². The summed E-state index contributed by atoms with van der Waals surface area (Å²) in [5.41, 5.74) is 8.05. The van der Waals surface area contributed by atoms with Gasteiger partial charge in [-0.1, -0.05) is 22.0 Å².